The third kappa shape index (κ3) is 2.25. The average molecular weight is 480 g/mol. The van der Waals surface area contributed by atoms with Crippen LogP contribution in [0.3, 0.4) is 0 Å². The number of hydrogen-bond acceptors (Lipinski definition) is 9. The molecule has 13 atom stereocenters. The summed E-state index contributed by atoms with van der Waals surface area (Å²) in [4.78, 5) is 16.9. The fourth-order valence-corrected chi connectivity index (χ4v) is 10.2. The molecule has 5 aliphatic carbocycles. The van der Waals surface area contributed by atoms with Crippen molar-refractivity contribution >= 4 is 12.2 Å². The standard InChI is InChI=1S/C25H37NO8/c1-12(27)34-11-22-7-6-16(31-3)24-14-8-13-15(30-2)9-23(28,17(14)18(13)32-4)25(29,21(24)26-10-22)20(33-5)19(22)24/h10,13-21,28-29H,6-9,11H2,1-5H3/t13-,14-,15+,16+,17-,18+,19-,20+,21?,22+,23-,24+,25-/m1/s1. The van der Waals surface area contributed by atoms with Gasteiger partial charge in [0.2, 0.25) is 0 Å². The molecule has 0 aromatic carbocycles. The second-order valence-corrected chi connectivity index (χ2v) is 11.6. The molecule has 0 saturated heterocycles. The number of methoxy groups -OCH3 is 4. The number of carbonyl (C=O) groups is 1. The van der Waals surface area contributed by atoms with Gasteiger partial charge in [0.15, 0.2) is 0 Å². The molecule has 2 N–H and O–H groups in total. The maximum Gasteiger partial charge on any atom is 0.302 e. The number of carbonyl (C=O) groups excluding carboxylic acids is 1. The molecule has 7 bridgehead atoms. The molecule has 190 valence electrons. The van der Waals surface area contributed by atoms with E-state index in [0.29, 0.717) is 12.8 Å². The Bertz CT molecular complexity index is 913. The van der Waals surface area contributed by atoms with Gasteiger partial charge >= 0.3 is 5.97 Å². The highest BCUT2D eigenvalue weighted by molar-refractivity contribution is 5.73. The highest BCUT2D eigenvalue weighted by atomic mass is 16.5. The zero-order chi connectivity index (χ0) is 24.3. The summed E-state index contributed by atoms with van der Waals surface area (Å²) in [6, 6.07) is -0.594. The average Bonchev–Trinajstić information content (AvgIpc) is 3.22. The minimum Gasteiger partial charge on any atom is -0.465 e. The maximum absolute atomic E-state index is 12.8. The van der Waals surface area contributed by atoms with Crippen molar-refractivity contribution in [2.45, 2.75) is 74.3 Å². The van der Waals surface area contributed by atoms with Crippen LogP contribution in [0, 0.1) is 34.5 Å². The number of aliphatic imine (C=N–C) groups is 1. The number of esters is 1. The zero-order valence-electron chi connectivity index (χ0n) is 20.6. The van der Waals surface area contributed by atoms with Gasteiger partial charge in [-0.1, -0.05) is 0 Å². The first-order valence-electron chi connectivity index (χ1n) is 12.4. The van der Waals surface area contributed by atoms with Crippen molar-refractivity contribution in [1.82, 2.24) is 0 Å². The summed E-state index contributed by atoms with van der Waals surface area (Å²) in [7, 11) is 6.67. The molecule has 5 saturated carbocycles. The van der Waals surface area contributed by atoms with Crippen LogP contribution >= 0.6 is 0 Å². The summed E-state index contributed by atoms with van der Waals surface area (Å²) in [5, 5.41) is 25.3. The van der Waals surface area contributed by atoms with E-state index in [1.165, 1.54) is 6.92 Å². The van der Waals surface area contributed by atoms with Crippen molar-refractivity contribution in [3.63, 3.8) is 0 Å². The van der Waals surface area contributed by atoms with Crippen LogP contribution in [0.25, 0.3) is 0 Å². The number of rotatable bonds is 6. The third-order valence-electron chi connectivity index (χ3n) is 11.0. The Kier molecular flexibility index (Phi) is 4.96. The Morgan fingerprint density at radius 1 is 1.12 bits per heavy atom. The summed E-state index contributed by atoms with van der Waals surface area (Å²) in [5.74, 6) is -0.779. The zero-order valence-corrected chi connectivity index (χ0v) is 20.6. The second-order valence-electron chi connectivity index (χ2n) is 11.6. The lowest BCUT2D eigenvalue weighted by Crippen LogP contribution is -2.77. The van der Waals surface area contributed by atoms with E-state index in [4.69, 9.17) is 28.7 Å². The van der Waals surface area contributed by atoms with Crippen molar-refractivity contribution in [2.75, 3.05) is 35.0 Å². The summed E-state index contributed by atoms with van der Waals surface area (Å²) in [6.45, 7) is 1.58. The van der Waals surface area contributed by atoms with E-state index in [1.54, 1.807) is 28.4 Å². The first-order chi connectivity index (χ1) is 16.2. The molecule has 34 heavy (non-hydrogen) atoms. The predicted molar refractivity (Wildman–Crippen MR) is 119 cm³/mol. The first kappa shape index (κ1) is 23.3. The van der Waals surface area contributed by atoms with Gasteiger partial charge in [0.05, 0.1) is 30.5 Å². The van der Waals surface area contributed by atoms with Gasteiger partial charge in [0.25, 0.3) is 0 Å². The smallest absolute Gasteiger partial charge is 0.302 e. The van der Waals surface area contributed by atoms with Crippen molar-refractivity contribution in [1.29, 1.82) is 0 Å². The lowest BCUT2D eigenvalue weighted by Gasteiger charge is -2.65. The van der Waals surface area contributed by atoms with Gasteiger partial charge in [-0.3, -0.25) is 9.79 Å². The molecule has 1 aliphatic heterocycles. The fraction of sp³-hybridized carbons (Fsp3) is 0.920. The predicted octanol–water partition coefficient (Wildman–Crippen LogP) is 0.591. The molecule has 6 rings (SSSR count). The third-order valence-corrected chi connectivity index (χ3v) is 11.0. The first-order valence-corrected chi connectivity index (χ1v) is 12.4. The van der Waals surface area contributed by atoms with Gasteiger partial charge in [-0.15, -0.1) is 0 Å². The van der Waals surface area contributed by atoms with Gasteiger partial charge in [-0.05, 0) is 25.2 Å². The molecule has 5 fully saturated rings. The van der Waals surface area contributed by atoms with Crippen LogP contribution in [0.4, 0.5) is 0 Å². The minimum atomic E-state index is -1.66. The molecule has 0 aromatic heterocycles. The van der Waals surface area contributed by atoms with Crippen molar-refractivity contribution in [3.8, 4) is 0 Å². The quantitative estimate of drug-likeness (QED) is 0.532. The Morgan fingerprint density at radius 3 is 2.50 bits per heavy atom. The monoisotopic (exact) mass is 479 g/mol. The summed E-state index contributed by atoms with van der Waals surface area (Å²) >= 11 is 0. The van der Waals surface area contributed by atoms with Crippen LogP contribution in [-0.4, -0.2) is 99.1 Å². The van der Waals surface area contributed by atoms with Gasteiger partial charge in [-0.25, -0.2) is 0 Å². The van der Waals surface area contributed by atoms with E-state index in [0.717, 1.165) is 12.8 Å². The van der Waals surface area contributed by atoms with E-state index in [9.17, 15) is 15.0 Å². The number of aliphatic hydroxyl groups is 2. The topological polar surface area (TPSA) is 116 Å². The Morgan fingerprint density at radius 2 is 1.88 bits per heavy atom. The SMILES string of the molecule is CO[C@H]1[C@@H]2C[C@@H]3[C@H]1[C@](O)(C[C@@H]2OC)[C@]1(O)C2N=C[C@]4(COC(C)=O)CC[C@H](OC)[C@@]23[C@@H]4[C@@H]1OC. The Balaban J connectivity index is 1.62. The summed E-state index contributed by atoms with van der Waals surface area (Å²) in [6.07, 6.45) is 3.06. The van der Waals surface area contributed by atoms with Crippen LogP contribution in [0.5, 0.6) is 0 Å². The van der Waals surface area contributed by atoms with E-state index in [2.05, 4.69) is 0 Å². The molecule has 9 heteroatoms. The highest BCUT2D eigenvalue weighted by Crippen LogP contribution is 2.79. The normalized spacial score (nSPS) is 58.1. The van der Waals surface area contributed by atoms with E-state index < -0.39 is 34.2 Å². The number of hydrogen-bond donors (Lipinski definition) is 2. The van der Waals surface area contributed by atoms with Gasteiger partial charge in [0, 0.05) is 76.6 Å². The summed E-state index contributed by atoms with van der Waals surface area (Å²) in [5.41, 5.74) is -4.35. The van der Waals surface area contributed by atoms with E-state index >= 15 is 0 Å². The van der Waals surface area contributed by atoms with Crippen molar-refractivity contribution in [2.24, 2.45) is 39.5 Å². The van der Waals surface area contributed by atoms with Crippen molar-refractivity contribution < 1.29 is 38.7 Å². The van der Waals surface area contributed by atoms with Crippen LogP contribution in [0.1, 0.15) is 32.6 Å². The van der Waals surface area contributed by atoms with E-state index in [1.807, 2.05) is 6.21 Å². The highest BCUT2D eigenvalue weighted by Gasteiger charge is 2.90. The van der Waals surface area contributed by atoms with Crippen LogP contribution in [0.15, 0.2) is 4.99 Å². The fourth-order valence-electron chi connectivity index (χ4n) is 10.2. The largest absolute Gasteiger partial charge is 0.465 e. The van der Waals surface area contributed by atoms with Crippen LogP contribution in [-0.2, 0) is 28.5 Å². The van der Waals surface area contributed by atoms with Crippen LogP contribution < -0.4 is 0 Å². The summed E-state index contributed by atoms with van der Waals surface area (Å²) < 4.78 is 29.9. The molecular weight excluding hydrogens is 442 g/mol. The molecule has 1 heterocycles. The molecule has 0 amide bonds. The van der Waals surface area contributed by atoms with Gasteiger partial charge in [0.1, 0.15) is 17.8 Å². The molecule has 1 spiro atoms. The minimum absolute atomic E-state index is 0.0116. The molecule has 9 nitrogen and oxygen atoms in total. The van der Waals surface area contributed by atoms with E-state index in [-0.39, 0.29) is 54.6 Å². The molecule has 1 unspecified atom stereocenters. The molecular formula is C25H37NO8. The molecule has 0 aromatic rings. The molecule has 0 radical (unpaired) electrons. The lowest BCUT2D eigenvalue weighted by atomic mass is 9.44. The Hall–Kier alpha value is -1.10. The van der Waals surface area contributed by atoms with Crippen molar-refractivity contribution in [3.05, 3.63) is 0 Å². The maximum atomic E-state index is 12.8. The number of nitrogens with zero attached hydrogens (tertiary/aromatic N) is 1. The lowest BCUT2D eigenvalue weighted by molar-refractivity contribution is -0.293. The molecule has 6 aliphatic rings. The number of ether oxygens (including phenoxy) is 5. The second kappa shape index (κ2) is 7.23. The van der Waals surface area contributed by atoms with Gasteiger partial charge < -0.3 is 33.9 Å². The van der Waals surface area contributed by atoms with Crippen LogP contribution in [0.2, 0.25) is 0 Å². The number of fused-ring (bicyclic) bond motifs is 2. The Labute approximate surface area is 200 Å². The van der Waals surface area contributed by atoms with Gasteiger partial charge in [-0.2, -0.15) is 0 Å².